The summed E-state index contributed by atoms with van der Waals surface area (Å²) >= 11 is 0. The average molecular weight is 522 g/mol. The van der Waals surface area contributed by atoms with E-state index in [2.05, 4.69) is 10.1 Å². The number of unbranched alkanes of at least 4 members (excludes halogenated alkanes) is 1. The van der Waals surface area contributed by atoms with E-state index in [1.54, 1.807) is 13.0 Å². The lowest BCUT2D eigenvalue weighted by molar-refractivity contribution is -0.274. The number of benzene rings is 3. The van der Waals surface area contributed by atoms with E-state index in [4.69, 9.17) is 4.74 Å². The Morgan fingerprint density at radius 1 is 1.05 bits per heavy atom. The number of carbonyl (C=O) groups is 2. The monoisotopic (exact) mass is 521 g/mol. The Balaban J connectivity index is 1.90. The van der Waals surface area contributed by atoms with Crippen LogP contribution in [0.2, 0.25) is 0 Å². The fourth-order valence-corrected chi connectivity index (χ4v) is 3.90. The molecule has 0 radical (unpaired) electrons. The number of carboxylic acids is 1. The van der Waals surface area contributed by atoms with Gasteiger partial charge in [-0.25, -0.2) is 9.18 Å². The molecule has 0 aliphatic heterocycles. The van der Waals surface area contributed by atoms with E-state index in [0.717, 1.165) is 25.0 Å². The number of carbonyl (C=O) groups excluding carboxylic acids is 1. The molecule has 0 fully saturated rings. The summed E-state index contributed by atoms with van der Waals surface area (Å²) < 4.78 is 61.1. The fourth-order valence-electron chi connectivity index (χ4n) is 3.90. The number of rotatable bonds is 11. The predicted molar refractivity (Wildman–Crippen MR) is 129 cm³/mol. The number of alkyl halides is 3. The molecule has 198 valence electrons. The summed E-state index contributed by atoms with van der Waals surface area (Å²) in [5, 5.41) is 13.1. The summed E-state index contributed by atoms with van der Waals surface area (Å²) in [6, 6.07) is 10.8. The summed E-state index contributed by atoms with van der Waals surface area (Å²) in [5.74, 6) is -3.16. The first-order valence-electron chi connectivity index (χ1n) is 11.7. The third kappa shape index (κ3) is 7.58. The molecule has 2 N–H and O–H groups in total. The molecule has 10 heteroatoms. The highest BCUT2D eigenvalue weighted by atomic mass is 19.4. The van der Waals surface area contributed by atoms with Crippen LogP contribution in [0.5, 0.6) is 11.5 Å². The Bertz CT molecular complexity index is 1240. The van der Waals surface area contributed by atoms with E-state index in [0.29, 0.717) is 17.4 Å². The molecule has 0 saturated carbocycles. The number of amides is 1. The van der Waals surface area contributed by atoms with E-state index in [-0.39, 0.29) is 29.2 Å². The maximum Gasteiger partial charge on any atom is 0.573 e. The highest BCUT2D eigenvalue weighted by Crippen LogP contribution is 2.32. The second-order valence-electron chi connectivity index (χ2n) is 8.70. The second-order valence-corrected chi connectivity index (χ2v) is 8.70. The van der Waals surface area contributed by atoms with Crippen LogP contribution in [-0.2, 0) is 11.4 Å². The molecule has 2 atom stereocenters. The van der Waals surface area contributed by atoms with Crippen molar-refractivity contribution in [1.82, 2.24) is 5.32 Å². The highest BCUT2D eigenvalue weighted by molar-refractivity contribution is 6.04. The molecule has 3 aromatic carbocycles. The number of halogens is 4. The molecule has 0 aliphatic carbocycles. The third-order valence-electron chi connectivity index (χ3n) is 5.85. The Morgan fingerprint density at radius 3 is 2.35 bits per heavy atom. The molecule has 3 aromatic rings. The van der Waals surface area contributed by atoms with Gasteiger partial charge >= 0.3 is 12.3 Å². The zero-order valence-electron chi connectivity index (χ0n) is 20.3. The van der Waals surface area contributed by atoms with Gasteiger partial charge in [0.1, 0.15) is 30.0 Å². The molecule has 0 saturated heterocycles. The molecule has 3 rings (SSSR count). The largest absolute Gasteiger partial charge is 0.573 e. The standard InChI is InChI=1S/C27H27F4NO5/c1-3-4-5-16(2)23(26(34)35)32-25(33)21-13-9-18-8-10-19(28)14-22(18)24(21)36-15-17-6-11-20(12-7-17)37-27(29,30)31/h6-14,16,23H,3-5,15H2,1-2H3,(H,32,33)(H,34,35). The minimum atomic E-state index is -4.82. The number of carboxylic acid groups (broad SMARTS) is 1. The Labute approximate surface area is 211 Å². The van der Waals surface area contributed by atoms with E-state index < -0.39 is 35.8 Å². The number of nitrogens with one attached hydrogen (secondary N) is 1. The first-order valence-corrected chi connectivity index (χ1v) is 11.7. The number of ether oxygens (including phenoxy) is 2. The summed E-state index contributed by atoms with van der Waals surface area (Å²) in [6.07, 6.45) is -2.54. The van der Waals surface area contributed by atoms with Crippen molar-refractivity contribution in [3.8, 4) is 11.5 Å². The van der Waals surface area contributed by atoms with Gasteiger partial charge in [-0.3, -0.25) is 4.79 Å². The molecule has 2 unspecified atom stereocenters. The second kappa shape index (κ2) is 11.9. The van der Waals surface area contributed by atoms with Gasteiger partial charge in [-0.05, 0) is 53.6 Å². The SMILES string of the molecule is CCCCC(C)C(NC(=O)c1ccc2ccc(F)cc2c1OCc1ccc(OC(F)(F)F)cc1)C(=O)O. The van der Waals surface area contributed by atoms with Crippen molar-refractivity contribution in [3.05, 3.63) is 71.5 Å². The lowest BCUT2D eigenvalue weighted by Crippen LogP contribution is -2.45. The van der Waals surface area contributed by atoms with Gasteiger partial charge in [0.25, 0.3) is 5.91 Å². The summed E-state index contributed by atoms with van der Waals surface area (Å²) in [5.41, 5.74) is 0.468. The molecule has 0 aliphatic rings. The lowest BCUT2D eigenvalue weighted by Gasteiger charge is -2.22. The van der Waals surface area contributed by atoms with Crippen molar-refractivity contribution in [3.63, 3.8) is 0 Å². The van der Waals surface area contributed by atoms with Crippen LogP contribution < -0.4 is 14.8 Å². The topological polar surface area (TPSA) is 84.9 Å². The average Bonchev–Trinajstić information content (AvgIpc) is 2.83. The summed E-state index contributed by atoms with van der Waals surface area (Å²) in [7, 11) is 0. The van der Waals surface area contributed by atoms with E-state index in [9.17, 15) is 32.3 Å². The first kappa shape index (κ1) is 27.8. The van der Waals surface area contributed by atoms with Crippen LogP contribution in [0.25, 0.3) is 10.8 Å². The zero-order chi connectivity index (χ0) is 27.2. The molecular weight excluding hydrogens is 494 g/mol. The van der Waals surface area contributed by atoms with Crippen LogP contribution >= 0.6 is 0 Å². The van der Waals surface area contributed by atoms with Crippen molar-refractivity contribution in [2.45, 2.75) is 52.1 Å². The van der Waals surface area contributed by atoms with Crippen LogP contribution in [0, 0.1) is 11.7 Å². The van der Waals surface area contributed by atoms with E-state index in [1.165, 1.54) is 36.4 Å². The smallest absolute Gasteiger partial charge is 0.487 e. The minimum absolute atomic E-state index is 0.00377. The van der Waals surface area contributed by atoms with Crippen molar-refractivity contribution in [2.24, 2.45) is 5.92 Å². The maximum absolute atomic E-state index is 14.1. The lowest BCUT2D eigenvalue weighted by atomic mass is 9.95. The zero-order valence-corrected chi connectivity index (χ0v) is 20.3. The van der Waals surface area contributed by atoms with Crippen LogP contribution in [0.3, 0.4) is 0 Å². The highest BCUT2D eigenvalue weighted by Gasteiger charge is 2.31. The van der Waals surface area contributed by atoms with Crippen molar-refractivity contribution in [1.29, 1.82) is 0 Å². The number of hydrogen-bond donors (Lipinski definition) is 2. The fraction of sp³-hybridized carbons (Fsp3) is 0.333. The number of hydrogen-bond acceptors (Lipinski definition) is 4. The van der Waals surface area contributed by atoms with Gasteiger partial charge < -0.3 is 19.9 Å². The Kier molecular flexibility index (Phi) is 8.96. The molecule has 0 heterocycles. The van der Waals surface area contributed by atoms with Crippen molar-refractivity contribution in [2.75, 3.05) is 0 Å². The quantitative estimate of drug-likeness (QED) is 0.283. The van der Waals surface area contributed by atoms with Gasteiger partial charge in [0, 0.05) is 5.39 Å². The number of aliphatic carboxylic acids is 1. The van der Waals surface area contributed by atoms with Gasteiger partial charge in [-0.1, -0.05) is 51.0 Å². The Hall–Kier alpha value is -3.82. The van der Waals surface area contributed by atoms with Crippen LogP contribution in [0.15, 0.2) is 54.6 Å². The molecule has 37 heavy (non-hydrogen) atoms. The van der Waals surface area contributed by atoms with Crippen molar-refractivity contribution >= 4 is 22.6 Å². The van der Waals surface area contributed by atoms with Gasteiger partial charge in [0.2, 0.25) is 0 Å². The molecule has 6 nitrogen and oxygen atoms in total. The van der Waals surface area contributed by atoms with E-state index in [1.807, 2.05) is 6.92 Å². The summed E-state index contributed by atoms with van der Waals surface area (Å²) in [6.45, 7) is 3.57. The van der Waals surface area contributed by atoms with E-state index >= 15 is 0 Å². The van der Waals surface area contributed by atoms with Crippen LogP contribution in [-0.4, -0.2) is 29.4 Å². The van der Waals surface area contributed by atoms with Gasteiger partial charge in [0.15, 0.2) is 0 Å². The van der Waals surface area contributed by atoms with Gasteiger partial charge in [0.05, 0.1) is 5.56 Å². The predicted octanol–water partition coefficient (Wildman–Crippen LogP) is 6.47. The molecule has 1 amide bonds. The normalized spacial score (nSPS) is 13.1. The molecular formula is C27H27F4NO5. The summed E-state index contributed by atoms with van der Waals surface area (Å²) in [4.78, 5) is 25.1. The van der Waals surface area contributed by atoms with Gasteiger partial charge in [-0.2, -0.15) is 0 Å². The van der Waals surface area contributed by atoms with Crippen LogP contribution in [0.1, 0.15) is 49.0 Å². The third-order valence-corrected chi connectivity index (χ3v) is 5.85. The molecule has 0 spiro atoms. The Morgan fingerprint density at radius 2 is 1.73 bits per heavy atom. The maximum atomic E-state index is 14.1. The molecule has 0 aromatic heterocycles. The van der Waals surface area contributed by atoms with Gasteiger partial charge in [-0.15, -0.1) is 13.2 Å². The molecule has 0 bridgehead atoms. The van der Waals surface area contributed by atoms with Crippen LogP contribution in [0.4, 0.5) is 17.6 Å². The number of fused-ring (bicyclic) bond motifs is 1. The first-order chi connectivity index (χ1) is 17.5. The minimum Gasteiger partial charge on any atom is -0.487 e. The van der Waals surface area contributed by atoms with Crippen molar-refractivity contribution < 1.29 is 41.7 Å².